The molecule has 0 amide bonds. The Morgan fingerprint density at radius 2 is 1.21 bits per heavy atom. The van der Waals surface area contributed by atoms with E-state index in [0.29, 0.717) is 0 Å². The van der Waals surface area contributed by atoms with Gasteiger partial charge in [-0.2, -0.15) is 0 Å². The van der Waals surface area contributed by atoms with Gasteiger partial charge in [0.1, 0.15) is 0 Å². The van der Waals surface area contributed by atoms with Gasteiger partial charge in [-0.05, 0) is 179 Å². The number of anilines is 6. The number of fused-ring (bicyclic) bond motifs is 7. The van der Waals surface area contributed by atoms with Crippen LogP contribution < -0.4 is 25.5 Å². The molecule has 0 spiro atoms. The van der Waals surface area contributed by atoms with Crippen molar-refractivity contribution in [2.75, 3.05) is 9.80 Å². The number of rotatable bonds is 3. The molecule has 0 bridgehead atoms. The zero-order chi connectivity index (χ0) is 44.0. The van der Waals surface area contributed by atoms with E-state index in [9.17, 15) is 0 Å². The van der Waals surface area contributed by atoms with Gasteiger partial charge in [-0.1, -0.05) is 117 Å². The molecule has 2 aliphatic heterocycles. The highest BCUT2D eigenvalue weighted by atomic mass is 32.1. The predicted molar refractivity (Wildman–Crippen MR) is 274 cm³/mol. The van der Waals surface area contributed by atoms with Gasteiger partial charge in [0.2, 0.25) is 0 Å². The zero-order valence-corrected chi connectivity index (χ0v) is 40.7. The van der Waals surface area contributed by atoms with Crippen molar-refractivity contribution >= 4 is 83.5 Å². The molecule has 4 heteroatoms. The second-order valence-electron chi connectivity index (χ2n) is 22.8. The molecule has 0 fully saturated rings. The second kappa shape index (κ2) is 13.9. The summed E-state index contributed by atoms with van der Waals surface area (Å²) in [5.74, 6) is 0. The van der Waals surface area contributed by atoms with Gasteiger partial charge in [-0.25, -0.2) is 0 Å². The van der Waals surface area contributed by atoms with E-state index in [1.165, 1.54) is 128 Å². The van der Waals surface area contributed by atoms with Crippen molar-refractivity contribution in [1.82, 2.24) is 0 Å². The van der Waals surface area contributed by atoms with E-state index in [1.54, 1.807) is 0 Å². The molecule has 0 N–H and O–H groups in total. The average molecular weight is 833 g/mol. The van der Waals surface area contributed by atoms with E-state index in [4.69, 9.17) is 0 Å². The van der Waals surface area contributed by atoms with Gasteiger partial charge in [0.25, 0.3) is 6.71 Å². The van der Waals surface area contributed by atoms with Crippen LogP contribution in [0, 0.1) is 13.8 Å². The molecular weight excluding hydrogens is 768 g/mol. The number of aryl methyl sites for hydroxylation is 2. The Morgan fingerprint density at radius 3 is 1.85 bits per heavy atom. The molecule has 5 aromatic carbocycles. The number of benzene rings is 5. The molecule has 0 saturated heterocycles. The first kappa shape index (κ1) is 41.2. The summed E-state index contributed by atoms with van der Waals surface area (Å²) < 4.78 is 2.81. The molecule has 6 aromatic rings. The molecule has 0 atom stereocenters. The maximum absolute atomic E-state index is 2.72. The molecule has 0 unspecified atom stereocenters. The van der Waals surface area contributed by atoms with Crippen molar-refractivity contribution in [1.29, 1.82) is 0 Å². The first-order chi connectivity index (χ1) is 29.1. The van der Waals surface area contributed by atoms with Gasteiger partial charge in [0, 0.05) is 43.2 Å². The maximum atomic E-state index is 2.72. The van der Waals surface area contributed by atoms with Gasteiger partial charge in [-0.3, -0.25) is 0 Å². The number of hydrogen-bond donors (Lipinski definition) is 0. The molecule has 2 nitrogen and oxygen atoms in total. The van der Waals surface area contributed by atoms with Crippen LogP contribution >= 0.6 is 11.3 Å². The average Bonchev–Trinajstić information content (AvgIpc) is 3.57. The van der Waals surface area contributed by atoms with Crippen LogP contribution in [0.5, 0.6) is 0 Å². The maximum Gasteiger partial charge on any atom is 0.264 e. The molecular formula is C58H65BN2S. The van der Waals surface area contributed by atoms with E-state index in [2.05, 4.69) is 198 Å². The minimum absolute atomic E-state index is 0.0278. The summed E-state index contributed by atoms with van der Waals surface area (Å²) in [4.78, 5) is 5.38. The van der Waals surface area contributed by atoms with E-state index in [1.807, 2.05) is 11.3 Å². The van der Waals surface area contributed by atoms with Crippen LogP contribution in [0.1, 0.15) is 148 Å². The van der Waals surface area contributed by atoms with Crippen molar-refractivity contribution in [3.63, 3.8) is 0 Å². The first-order valence-electron chi connectivity index (χ1n) is 23.2. The van der Waals surface area contributed by atoms with Gasteiger partial charge in [0.15, 0.2) is 0 Å². The van der Waals surface area contributed by atoms with Crippen LogP contribution in [-0.4, -0.2) is 6.71 Å². The van der Waals surface area contributed by atoms with Crippen LogP contribution in [-0.2, 0) is 21.7 Å². The lowest BCUT2D eigenvalue weighted by molar-refractivity contribution is 0.332. The van der Waals surface area contributed by atoms with Crippen molar-refractivity contribution < 1.29 is 0 Å². The SMILES string of the molecule is CC1=CC(C)=C(c2ccc(C)cc2N2c3cc4c(cc3B3c5sc6ccc(C(C)(C)C)cc6c5N(c5ccc(C(C)(C)C)cc5)c5cc(C)cc2c53)C(C)(C)CCC4(C)C)CC1. The van der Waals surface area contributed by atoms with Gasteiger partial charge < -0.3 is 9.80 Å². The topological polar surface area (TPSA) is 6.48 Å². The molecule has 316 valence electrons. The van der Waals surface area contributed by atoms with Crippen LogP contribution in [0.3, 0.4) is 0 Å². The lowest BCUT2D eigenvalue weighted by atomic mass is 9.35. The summed E-state index contributed by atoms with van der Waals surface area (Å²) in [5, 5.41) is 1.36. The summed E-state index contributed by atoms with van der Waals surface area (Å²) in [6, 6.07) is 34.4. The van der Waals surface area contributed by atoms with Gasteiger partial charge in [-0.15, -0.1) is 11.3 Å². The predicted octanol–water partition coefficient (Wildman–Crippen LogP) is 15.1. The smallest absolute Gasteiger partial charge is 0.264 e. The van der Waals surface area contributed by atoms with E-state index >= 15 is 0 Å². The lowest BCUT2D eigenvalue weighted by Crippen LogP contribution is -2.61. The normalized spacial score (nSPS) is 17.8. The summed E-state index contributed by atoms with van der Waals surface area (Å²) in [6.07, 6.45) is 6.96. The second-order valence-corrected chi connectivity index (χ2v) is 23.9. The zero-order valence-electron chi connectivity index (χ0n) is 39.9. The highest BCUT2D eigenvalue weighted by Gasteiger charge is 2.48. The fourth-order valence-electron chi connectivity index (χ4n) is 11.3. The molecule has 62 heavy (non-hydrogen) atoms. The standard InChI is InChI=1S/C58H65BN2S/c1-34-15-22-41(37(4)27-34)42-23-16-35(2)28-47(42)61-48-33-45-44(57(11,12)25-26-58(45,13)14)32-46(48)59-52-49(29-36(3)30-50(52)61)60(40-20-17-38(18-21-40)55(5,6)7)53-43-31-39(56(8,9)10)19-24-51(43)62-54(53)59/h16-21,23-24,27-33H,15,22,25-26H2,1-14H3. The molecule has 2 aliphatic carbocycles. The summed E-state index contributed by atoms with van der Waals surface area (Å²) in [5.41, 5.74) is 25.0. The Bertz CT molecular complexity index is 2920. The molecule has 0 radical (unpaired) electrons. The third kappa shape index (κ3) is 6.40. The van der Waals surface area contributed by atoms with Crippen LogP contribution in [0.4, 0.5) is 34.1 Å². The largest absolute Gasteiger partial charge is 0.311 e. The van der Waals surface area contributed by atoms with E-state index < -0.39 is 0 Å². The van der Waals surface area contributed by atoms with Crippen LogP contribution in [0.25, 0.3) is 15.7 Å². The lowest BCUT2D eigenvalue weighted by Gasteiger charge is -2.47. The summed E-state index contributed by atoms with van der Waals surface area (Å²) in [7, 11) is 0. The molecule has 3 heterocycles. The van der Waals surface area contributed by atoms with Gasteiger partial charge in [0.05, 0.1) is 11.4 Å². The summed E-state index contributed by atoms with van der Waals surface area (Å²) in [6.45, 7) is 33.2. The van der Waals surface area contributed by atoms with Gasteiger partial charge >= 0.3 is 0 Å². The number of allylic oxidation sites excluding steroid dienone is 4. The van der Waals surface area contributed by atoms with Crippen LogP contribution in [0.15, 0.2) is 102 Å². The number of nitrogens with zero attached hydrogens (tertiary/aromatic N) is 2. The Hall–Kier alpha value is -4.80. The molecule has 4 aliphatic rings. The van der Waals surface area contributed by atoms with Crippen molar-refractivity contribution in [2.24, 2.45) is 0 Å². The van der Waals surface area contributed by atoms with Crippen molar-refractivity contribution in [3.05, 3.63) is 141 Å². The Balaban J connectivity index is 1.35. The quantitative estimate of drug-likeness (QED) is 0.164. The minimum atomic E-state index is 0.0278. The fraction of sp³-hybridized carbons (Fsp3) is 0.379. The Labute approximate surface area is 376 Å². The van der Waals surface area contributed by atoms with Crippen molar-refractivity contribution in [3.8, 4) is 0 Å². The van der Waals surface area contributed by atoms with E-state index in [0.717, 1.165) is 12.8 Å². The molecule has 0 saturated carbocycles. The van der Waals surface area contributed by atoms with Crippen molar-refractivity contribution in [2.45, 2.75) is 144 Å². The van der Waals surface area contributed by atoms with Crippen LogP contribution in [0.2, 0.25) is 0 Å². The Morgan fingerprint density at radius 1 is 0.597 bits per heavy atom. The summed E-state index contributed by atoms with van der Waals surface area (Å²) >= 11 is 2.02. The van der Waals surface area contributed by atoms with E-state index in [-0.39, 0.29) is 28.4 Å². The third-order valence-corrected chi connectivity index (χ3v) is 16.3. The molecule has 1 aromatic heterocycles. The monoisotopic (exact) mass is 832 g/mol. The Kier molecular flexibility index (Phi) is 9.21. The highest BCUT2D eigenvalue weighted by molar-refractivity contribution is 7.33. The number of thiophene rings is 1. The minimum Gasteiger partial charge on any atom is -0.311 e. The highest BCUT2D eigenvalue weighted by Crippen LogP contribution is 2.53. The fourth-order valence-corrected chi connectivity index (χ4v) is 12.6. The first-order valence-corrected chi connectivity index (χ1v) is 24.0. The third-order valence-electron chi connectivity index (χ3n) is 15.1. The number of hydrogen-bond acceptors (Lipinski definition) is 3. The molecule has 10 rings (SSSR count).